The molecule has 0 saturated heterocycles. The lowest BCUT2D eigenvalue weighted by Gasteiger charge is -2.21. The third-order valence-electron chi connectivity index (χ3n) is 2.95. The Kier molecular flexibility index (Phi) is 5.35. The summed E-state index contributed by atoms with van der Waals surface area (Å²) in [7, 11) is -2.04. The zero-order valence-corrected chi connectivity index (χ0v) is 13.4. The molecular formula is C14H18N2O3S2. The van der Waals surface area contributed by atoms with Gasteiger partial charge in [0.25, 0.3) is 0 Å². The number of rotatable bonds is 7. The number of nitrogens with two attached hydrogens (primary N) is 1. The van der Waals surface area contributed by atoms with Gasteiger partial charge in [0, 0.05) is 30.8 Å². The van der Waals surface area contributed by atoms with Crippen LogP contribution in [-0.2, 0) is 21.3 Å². The van der Waals surface area contributed by atoms with Crippen molar-refractivity contribution in [3.8, 4) is 0 Å². The summed E-state index contributed by atoms with van der Waals surface area (Å²) >= 11 is 1.53. The maximum absolute atomic E-state index is 12.7. The second kappa shape index (κ2) is 7.04. The zero-order valence-electron chi connectivity index (χ0n) is 11.7. The van der Waals surface area contributed by atoms with Crippen LogP contribution in [0, 0.1) is 0 Å². The number of benzene rings is 1. The molecule has 2 aromatic rings. The van der Waals surface area contributed by atoms with Crippen molar-refractivity contribution in [3.05, 3.63) is 46.7 Å². The average Bonchev–Trinajstić information content (AvgIpc) is 2.96. The number of hydrogen-bond donors (Lipinski definition) is 1. The number of sulfonamides is 1. The summed E-state index contributed by atoms with van der Waals surface area (Å²) in [4.78, 5) is 1.19. The molecule has 1 aromatic heterocycles. The molecule has 1 heterocycles. The highest BCUT2D eigenvalue weighted by Crippen LogP contribution is 2.21. The van der Waals surface area contributed by atoms with E-state index in [2.05, 4.69) is 0 Å². The Morgan fingerprint density at radius 2 is 2.10 bits per heavy atom. The highest BCUT2D eigenvalue weighted by atomic mass is 32.2. The van der Waals surface area contributed by atoms with Crippen LogP contribution >= 0.6 is 11.3 Å². The monoisotopic (exact) mass is 326 g/mol. The van der Waals surface area contributed by atoms with E-state index in [4.69, 9.17) is 10.5 Å². The van der Waals surface area contributed by atoms with Crippen LogP contribution in [-0.4, -0.2) is 33.0 Å². The third-order valence-corrected chi connectivity index (χ3v) is 5.66. The lowest BCUT2D eigenvalue weighted by molar-refractivity contribution is 0.177. The minimum Gasteiger partial charge on any atom is -0.399 e. The largest absolute Gasteiger partial charge is 0.399 e. The van der Waals surface area contributed by atoms with Gasteiger partial charge in [-0.15, -0.1) is 11.3 Å². The fourth-order valence-corrected chi connectivity index (χ4v) is 4.14. The summed E-state index contributed by atoms with van der Waals surface area (Å²) in [6, 6.07) is 10.2. The molecule has 5 nitrogen and oxygen atoms in total. The van der Waals surface area contributed by atoms with Crippen LogP contribution in [0.2, 0.25) is 0 Å². The molecule has 2 rings (SSSR count). The molecule has 1 aromatic carbocycles. The van der Waals surface area contributed by atoms with E-state index in [0.29, 0.717) is 25.4 Å². The SMILES string of the molecule is COCCN(Cc1cccs1)S(=O)(=O)c1cccc(N)c1. The lowest BCUT2D eigenvalue weighted by atomic mass is 10.3. The van der Waals surface area contributed by atoms with Crippen molar-refractivity contribution in [3.63, 3.8) is 0 Å². The molecule has 0 fully saturated rings. The molecular weight excluding hydrogens is 308 g/mol. The fraction of sp³-hybridized carbons (Fsp3) is 0.286. The number of thiophene rings is 1. The third kappa shape index (κ3) is 4.04. The molecule has 0 spiro atoms. The predicted octanol–water partition coefficient (Wildman–Crippen LogP) is 2.17. The second-order valence-corrected chi connectivity index (χ2v) is 7.45. The molecule has 0 atom stereocenters. The van der Waals surface area contributed by atoms with Crippen LogP contribution in [0.15, 0.2) is 46.7 Å². The Labute approximate surface area is 129 Å². The fourth-order valence-electron chi connectivity index (χ4n) is 1.88. The Morgan fingerprint density at radius 1 is 1.29 bits per heavy atom. The predicted molar refractivity (Wildman–Crippen MR) is 84.6 cm³/mol. The molecule has 0 unspecified atom stereocenters. The first kappa shape index (κ1) is 16.0. The quantitative estimate of drug-likeness (QED) is 0.792. The van der Waals surface area contributed by atoms with Crippen LogP contribution in [0.3, 0.4) is 0 Å². The van der Waals surface area contributed by atoms with Crippen LogP contribution in [0.25, 0.3) is 0 Å². The van der Waals surface area contributed by atoms with Gasteiger partial charge in [-0.3, -0.25) is 0 Å². The summed E-state index contributed by atoms with van der Waals surface area (Å²) in [6.45, 7) is 0.969. The summed E-state index contributed by atoms with van der Waals surface area (Å²) in [5.74, 6) is 0. The second-order valence-electron chi connectivity index (χ2n) is 4.48. The number of ether oxygens (including phenoxy) is 1. The van der Waals surface area contributed by atoms with Crippen molar-refractivity contribution in [2.45, 2.75) is 11.4 Å². The Balaban J connectivity index is 2.29. The normalized spacial score (nSPS) is 11.9. The first-order valence-corrected chi connectivity index (χ1v) is 8.73. The van der Waals surface area contributed by atoms with Gasteiger partial charge in [0.2, 0.25) is 10.0 Å². The number of anilines is 1. The van der Waals surface area contributed by atoms with E-state index in [-0.39, 0.29) is 4.90 Å². The maximum Gasteiger partial charge on any atom is 0.243 e. The first-order chi connectivity index (χ1) is 10.0. The molecule has 114 valence electrons. The number of nitrogen functional groups attached to an aromatic ring is 1. The lowest BCUT2D eigenvalue weighted by Crippen LogP contribution is -2.33. The smallest absolute Gasteiger partial charge is 0.243 e. The molecule has 0 bridgehead atoms. The Hall–Kier alpha value is -1.41. The molecule has 0 saturated carbocycles. The minimum atomic E-state index is -3.59. The zero-order chi connectivity index (χ0) is 15.3. The molecule has 0 aliphatic carbocycles. The Morgan fingerprint density at radius 3 is 2.71 bits per heavy atom. The average molecular weight is 326 g/mol. The van der Waals surface area contributed by atoms with Crippen LogP contribution in [0.4, 0.5) is 5.69 Å². The Bertz CT molecular complexity index is 669. The molecule has 0 amide bonds. The molecule has 0 radical (unpaired) electrons. The summed E-state index contributed by atoms with van der Waals surface area (Å²) in [6.07, 6.45) is 0. The number of nitrogens with zero attached hydrogens (tertiary/aromatic N) is 1. The van der Waals surface area contributed by atoms with Gasteiger partial charge in [0.05, 0.1) is 11.5 Å². The highest BCUT2D eigenvalue weighted by Gasteiger charge is 2.24. The molecule has 0 aliphatic rings. The van der Waals surface area contributed by atoms with Gasteiger partial charge in [-0.2, -0.15) is 4.31 Å². The summed E-state index contributed by atoms with van der Waals surface area (Å²) < 4.78 is 31.9. The van der Waals surface area contributed by atoms with Gasteiger partial charge in [-0.05, 0) is 29.6 Å². The van der Waals surface area contributed by atoms with Gasteiger partial charge in [-0.1, -0.05) is 12.1 Å². The van der Waals surface area contributed by atoms with Crippen molar-refractivity contribution in [2.24, 2.45) is 0 Å². The summed E-state index contributed by atoms with van der Waals surface area (Å²) in [5.41, 5.74) is 6.12. The molecule has 21 heavy (non-hydrogen) atoms. The van der Waals surface area contributed by atoms with Gasteiger partial charge in [-0.25, -0.2) is 8.42 Å². The van der Waals surface area contributed by atoms with Crippen LogP contribution in [0.1, 0.15) is 4.88 Å². The van der Waals surface area contributed by atoms with E-state index in [1.54, 1.807) is 25.3 Å². The number of methoxy groups -OCH3 is 1. The first-order valence-electron chi connectivity index (χ1n) is 6.41. The van der Waals surface area contributed by atoms with Gasteiger partial charge >= 0.3 is 0 Å². The van der Waals surface area contributed by atoms with Gasteiger partial charge < -0.3 is 10.5 Å². The van der Waals surface area contributed by atoms with Crippen molar-refractivity contribution < 1.29 is 13.2 Å². The van der Waals surface area contributed by atoms with Gasteiger partial charge in [0.1, 0.15) is 0 Å². The van der Waals surface area contributed by atoms with E-state index in [1.165, 1.54) is 21.7 Å². The standard InChI is InChI=1S/C14H18N2O3S2/c1-19-8-7-16(11-13-5-3-9-20-13)21(17,18)14-6-2-4-12(15)10-14/h2-6,9-10H,7-8,11,15H2,1H3. The topological polar surface area (TPSA) is 72.6 Å². The minimum absolute atomic E-state index is 0.204. The van der Waals surface area contributed by atoms with E-state index in [9.17, 15) is 8.42 Å². The van der Waals surface area contributed by atoms with Crippen molar-refractivity contribution in [2.75, 3.05) is 26.0 Å². The highest BCUT2D eigenvalue weighted by molar-refractivity contribution is 7.89. The van der Waals surface area contributed by atoms with Crippen molar-refractivity contribution >= 4 is 27.0 Å². The summed E-state index contributed by atoms with van der Waals surface area (Å²) in [5, 5.41) is 1.93. The maximum atomic E-state index is 12.7. The van der Waals surface area contributed by atoms with Crippen LogP contribution in [0.5, 0.6) is 0 Å². The van der Waals surface area contributed by atoms with E-state index in [1.807, 2.05) is 17.5 Å². The van der Waals surface area contributed by atoms with Gasteiger partial charge in [0.15, 0.2) is 0 Å². The van der Waals surface area contributed by atoms with Crippen molar-refractivity contribution in [1.29, 1.82) is 0 Å². The molecule has 2 N–H and O–H groups in total. The van der Waals surface area contributed by atoms with E-state index < -0.39 is 10.0 Å². The van der Waals surface area contributed by atoms with E-state index in [0.717, 1.165) is 4.88 Å². The molecule has 0 aliphatic heterocycles. The van der Waals surface area contributed by atoms with E-state index >= 15 is 0 Å². The van der Waals surface area contributed by atoms with Crippen molar-refractivity contribution in [1.82, 2.24) is 4.31 Å². The van der Waals surface area contributed by atoms with Crippen LogP contribution < -0.4 is 5.73 Å². The number of hydrogen-bond acceptors (Lipinski definition) is 5. The molecule has 7 heteroatoms.